The van der Waals surface area contributed by atoms with Gasteiger partial charge in [-0.2, -0.15) is 4.98 Å². The van der Waals surface area contributed by atoms with E-state index < -0.39 is 36.4 Å². The number of pyridine rings is 1. The van der Waals surface area contributed by atoms with Gasteiger partial charge in [0, 0.05) is 57.0 Å². The molecule has 4 aliphatic rings. The number of benzene rings is 2. The lowest BCUT2D eigenvalue weighted by Gasteiger charge is -2.42. The maximum absolute atomic E-state index is 18.2. The van der Waals surface area contributed by atoms with Gasteiger partial charge in [0.2, 0.25) is 5.95 Å². The summed E-state index contributed by atoms with van der Waals surface area (Å²) >= 11 is 0. The fraction of sp³-hybridized carbons (Fsp3) is 0.604. The van der Waals surface area contributed by atoms with Gasteiger partial charge in [0.05, 0.1) is 28.6 Å². The zero-order valence-corrected chi connectivity index (χ0v) is 43.9. The van der Waals surface area contributed by atoms with Crippen molar-refractivity contribution in [1.82, 2.24) is 24.8 Å². The molecular formula is C53H71F2N7O6Si. The zero-order valence-electron chi connectivity index (χ0n) is 42.9. The first-order valence-corrected chi connectivity index (χ1v) is 27.0. The molecule has 2 amide bonds. The van der Waals surface area contributed by atoms with Crippen molar-refractivity contribution >= 4 is 53.7 Å². The third-order valence-corrected chi connectivity index (χ3v) is 21.1. The van der Waals surface area contributed by atoms with Crippen LogP contribution in [-0.4, -0.2) is 120 Å². The maximum Gasteiger partial charge on any atom is 0.410 e. The number of methoxy groups -OCH3 is 1. The zero-order chi connectivity index (χ0) is 50.0. The van der Waals surface area contributed by atoms with E-state index in [2.05, 4.69) is 57.9 Å². The molecule has 0 saturated carbocycles. The summed E-state index contributed by atoms with van der Waals surface area (Å²) in [4.78, 5) is 50.2. The summed E-state index contributed by atoms with van der Waals surface area (Å²) in [5.41, 5.74) is 3.26. The highest BCUT2D eigenvalue weighted by Crippen LogP contribution is 2.45. The van der Waals surface area contributed by atoms with E-state index in [0.717, 1.165) is 25.7 Å². The minimum absolute atomic E-state index is 0.0423. The van der Waals surface area contributed by atoms with E-state index in [1.54, 1.807) is 24.4 Å². The van der Waals surface area contributed by atoms with Gasteiger partial charge >= 0.3 is 12.2 Å². The summed E-state index contributed by atoms with van der Waals surface area (Å²) < 4.78 is 57.7. The second-order valence-electron chi connectivity index (χ2n) is 22.5. The Kier molecular flexibility index (Phi) is 13.7. The quantitative estimate of drug-likeness (QED) is 0.0905. The summed E-state index contributed by atoms with van der Waals surface area (Å²) in [5, 5.41) is 1.43. The highest BCUT2D eigenvalue weighted by atomic mass is 28.3. The van der Waals surface area contributed by atoms with Crippen LogP contribution in [0.3, 0.4) is 0 Å². The van der Waals surface area contributed by atoms with Crippen molar-refractivity contribution in [3.63, 3.8) is 0 Å². The average Bonchev–Trinajstić information content (AvgIpc) is 3.96. The van der Waals surface area contributed by atoms with Crippen LogP contribution < -0.4 is 14.5 Å². The molecule has 4 saturated heterocycles. The Labute approximate surface area is 407 Å². The van der Waals surface area contributed by atoms with Gasteiger partial charge in [0.15, 0.2) is 12.6 Å². The topological polar surface area (TPSA) is 123 Å². The smallest absolute Gasteiger partial charge is 0.410 e. The van der Waals surface area contributed by atoms with E-state index in [0.29, 0.717) is 95.0 Å². The highest BCUT2D eigenvalue weighted by molar-refractivity contribution is 6.90. The molecule has 16 heteroatoms. The third-order valence-electron chi connectivity index (χ3n) is 14.8. The minimum atomic E-state index is -2.34. The van der Waals surface area contributed by atoms with E-state index in [9.17, 15) is 9.59 Å². The normalized spacial score (nSPS) is 20.8. The van der Waals surface area contributed by atoms with Gasteiger partial charge in [-0.3, -0.25) is 9.88 Å². The molecule has 69 heavy (non-hydrogen) atoms. The minimum Gasteiger partial charge on any atom is -0.468 e. The van der Waals surface area contributed by atoms with Crippen LogP contribution in [0.4, 0.5) is 30.1 Å². The molecule has 2 aromatic carbocycles. The Morgan fingerprint density at radius 2 is 1.52 bits per heavy atom. The number of carbonyl (C=O) groups excluding carboxylic acids is 2. The molecule has 13 nitrogen and oxygen atoms in total. The number of aromatic nitrogens is 3. The molecule has 1 unspecified atom stereocenters. The SMILES string of the molecule is COCOc1cc(-c2ncc3c(N4C[C@H]5CC[C@@H](C4)N5C(=O)OC(C)(C)C)nc(N4CCC5(CCCN5C(=O)OC(C)(C)C)C4)nc3c2F)c2c(C#C[Si](C(C)C)(C(C)C)C(C)C)c(F)ccc2c1. The number of anilines is 2. The Hall–Kier alpha value is -5.27. The molecule has 3 atom stereocenters. The van der Waals surface area contributed by atoms with Gasteiger partial charge in [-0.25, -0.2) is 23.4 Å². The molecular weight excluding hydrogens is 897 g/mol. The molecule has 4 aromatic rings. The van der Waals surface area contributed by atoms with Crippen molar-refractivity contribution in [3.05, 3.63) is 47.7 Å². The lowest BCUT2D eigenvalue weighted by atomic mass is 9.95. The number of rotatable bonds is 9. The maximum atomic E-state index is 18.2. The molecule has 2 aromatic heterocycles. The largest absolute Gasteiger partial charge is 0.468 e. The fourth-order valence-electron chi connectivity index (χ4n) is 11.8. The first-order valence-electron chi connectivity index (χ1n) is 24.8. The van der Waals surface area contributed by atoms with Crippen LogP contribution >= 0.6 is 0 Å². The number of amides is 2. The van der Waals surface area contributed by atoms with Crippen LogP contribution in [0.5, 0.6) is 5.75 Å². The number of piperazine rings is 1. The van der Waals surface area contributed by atoms with Crippen molar-refractivity contribution in [2.45, 2.75) is 161 Å². The number of halogens is 2. The lowest BCUT2D eigenvalue weighted by Crippen LogP contribution is -2.57. The van der Waals surface area contributed by atoms with Crippen molar-refractivity contribution in [3.8, 4) is 28.5 Å². The van der Waals surface area contributed by atoms with Crippen LogP contribution in [0.25, 0.3) is 32.9 Å². The lowest BCUT2D eigenvalue weighted by molar-refractivity contribution is 0.0104. The monoisotopic (exact) mass is 968 g/mol. The van der Waals surface area contributed by atoms with Crippen molar-refractivity contribution in [2.75, 3.05) is 56.4 Å². The van der Waals surface area contributed by atoms with Gasteiger partial charge < -0.3 is 33.6 Å². The second kappa shape index (κ2) is 18.8. The van der Waals surface area contributed by atoms with Crippen LogP contribution in [0.15, 0.2) is 30.5 Å². The van der Waals surface area contributed by atoms with Gasteiger partial charge in [-0.15, -0.1) is 5.54 Å². The first-order chi connectivity index (χ1) is 32.5. The molecule has 372 valence electrons. The standard InChI is InChI=1S/C53H71F2N7O6Si/c1-32(2)69(33(3)4,34(5)6)24-19-39-42(54)18-15-35-25-38(66-31-65-13)26-40(43(35)39)45-44(55)46-41(27-56-45)47(60-28-36-16-17-37(29-60)62(36)50(64)68-52(10,11)12)58-48(57-46)59-23-21-53(30-59)20-14-22-61(53)49(63)67-51(7,8)9/h15,18,25-27,32-34,36-37H,14,16-17,20-23,28-31H2,1-13H3/t36-,37+,53?. The van der Waals surface area contributed by atoms with Crippen LogP contribution in [0.1, 0.15) is 121 Å². The van der Waals surface area contributed by atoms with Gasteiger partial charge in [0.25, 0.3) is 0 Å². The number of nitrogens with zero attached hydrogens (tertiary/aromatic N) is 7. The van der Waals surface area contributed by atoms with E-state index in [1.807, 2.05) is 56.2 Å². The molecule has 0 aliphatic carbocycles. The molecule has 8 rings (SSSR count). The Balaban J connectivity index is 1.30. The summed E-state index contributed by atoms with van der Waals surface area (Å²) in [6.45, 7) is 26.8. The molecule has 2 bridgehead atoms. The average molecular weight is 968 g/mol. The molecule has 1 spiro atoms. The van der Waals surface area contributed by atoms with Crippen LogP contribution in [-0.2, 0) is 14.2 Å². The number of hydrogen-bond acceptors (Lipinski definition) is 11. The van der Waals surface area contributed by atoms with E-state index in [4.69, 9.17) is 33.9 Å². The van der Waals surface area contributed by atoms with Crippen molar-refractivity contribution < 1.29 is 37.3 Å². The fourth-order valence-corrected chi connectivity index (χ4v) is 17.0. The van der Waals surface area contributed by atoms with E-state index >= 15 is 8.78 Å². The number of likely N-dealkylation sites (tertiary alicyclic amines) is 1. The summed E-state index contributed by atoms with van der Waals surface area (Å²) in [5.74, 6) is 3.35. The summed E-state index contributed by atoms with van der Waals surface area (Å²) in [6, 6.07) is 6.22. The van der Waals surface area contributed by atoms with Gasteiger partial charge in [0.1, 0.15) is 47.9 Å². The predicted octanol–water partition coefficient (Wildman–Crippen LogP) is 11.2. The Morgan fingerprint density at radius 3 is 2.14 bits per heavy atom. The van der Waals surface area contributed by atoms with Gasteiger partial charge in [-0.05, 0) is 114 Å². The Morgan fingerprint density at radius 1 is 0.870 bits per heavy atom. The second-order valence-corrected chi connectivity index (χ2v) is 28.1. The van der Waals surface area contributed by atoms with E-state index in [-0.39, 0.29) is 47.8 Å². The predicted molar refractivity (Wildman–Crippen MR) is 269 cm³/mol. The molecule has 4 aliphatic heterocycles. The van der Waals surface area contributed by atoms with E-state index in [1.165, 1.54) is 13.2 Å². The third kappa shape index (κ3) is 9.54. The molecule has 4 fully saturated rings. The number of hydrogen-bond donors (Lipinski definition) is 0. The van der Waals surface area contributed by atoms with Crippen LogP contribution in [0.2, 0.25) is 16.6 Å². The van der Waals surface area contributed by atoms with Crippen molar-refractivity contribution in [1.29, 1.82) is 0 Å². The Bertz CT molecular complexity index is 2660. The van der Waals surface area contributed by atoms with Crippen LogP contribution in [0, 0.1) is 23.1 Å². The van der Waals surface area contributed by atoms with Crippen molar-refractivity contribution in [2.24, 2.45) is 0 Å². The molecule has 0 radical (unpaired) electrons. The van der Waals surface area contributed by atoms with Gasteiger partial charge in [-0.1, -0.05) is 53.5 Å². The highest BCUT2D eigenvalue weighted by Gasteiger charge is 2.51. The molecule has 0 N–H and O–H groups in total. The summed E-state index contributed by atoms with van der Waals surface area (Å²) in [6.07, 6.45) is 4.76. The molecule has 6 heterocycles. The number of carbonyl (C=O) groups is 2. The summed E-state index contributed by atoms with van der Waals surface area (Å²) in [7, 11) is -0.819. The first kappa shape index (κ1) is 50.1. The number of fused-ring (bicyclic) bond motifs is 4. The number of ether oxygens (including phenoxy) is 4.